The largest absolute Gasteiger partial charge is 0.391 e. The van der Waals surface area contributed by atoms with Crippen molar-refractivity contribution >= 4 is 6.21 Å². The van der Waals surface area contributed by atoms with Gasteiger partial charge in [0.1, 0.15) is 6.61 Å². The lowest BCUT2D eigenvalue weighted by Gasteiger charge is -2.16. The third-order valence-electron chi connectivity index (χ3n) is 5.78. The average Bonchev–Trinajstić information content (AvgIpc) is 2.99. The summed E-state index contributed by atoms with van der Waals surface area (Å²) >= 11 is 0. The predicted octanol–water partition coefficient (Wildman–Crippen LogP) is 3.59. The number of hydrogen-bond donors (Lipinski definition) is 1. The highest BCUT2D eigenvalue weighted by atomic mass is 16.6. The Bertz CT molecular complexity index is 756. The highest BCUT2D eigenvalue weighted by Gasteiger charge is 2.67. The second-order valence-corrected chi connectivity index (χ2v) is 7.12. The molecule has 2 aromatic carbocycles. The van der Waals surface area contributed by atoms with Gasteiger partial charge in [-0.3, -0.25) is 0 Å². The van der Waals surface area contributed by atoms with Crippen molar-refractivity contribution in [3.05, 3.63) is 70.8 Å². The highest BCUT2D eigenvalue weighted by molar-refractivity contribution is 5.72. The molecular formula is C21H24N2O. The number of rotatable bonds is 5. The molecule has 1 aliphatic heterocycles. The third kappa shape index (κ3) is 2.53. The highest BCUT2D eigenvalue weighted by Crippen LogP contribution is 2.61. The summed E-state index contributed by atoms with van der Waals surface area (Å²) in [7, 11) is 0. The first kappa shape index (κ1) is 15.4. The van der Waals surface area contributed by atoms with Crippen LogP contribution in [0.1, 0.15) is 22.3 Å². The quantitative estimate of drug-likeness (QED) is 0.675. The first-order chi connectivity index (χ1) is 11.7. The van der Waals surface area contributed by atoms with E-state index in [9.17, 15) is 0 Å². The van der Waals surface area contributed by atoms with Gasteiger partial charge in [-0.25, -0.2) is 0 Å². The van der Waals surface area contributed by atoms with Gasteiger partial charge in [-0.05, 0) is 48.6 Å². The molecule has 3 nitrogen and oxygen atoms in total. The molecule has 1 aliphatic carbocycles. The van der Waals surface area contributed by atoms with Crippen molar-refractivity contribution in [2.45, 2.75) is 25.9 Å². The fourth-order valence-electron chi connectivity index (χ4n) is 4.11. The molecule has 1 saturated heterocycles. The van der Waals surface area contributed by atoms with Crippen molar-refractivity contribution in [2.24, 2.45) is 17.0 Å². The van der Waals surface area contributed by atoms with Crippen molar-refractivity contribution in [3.63, 3.8) is 0 Å². The maximum atomic E-state index is 5.51. The van der Waals surface area contributed by atoms with E-state index in [-0.39, 0.29) is 5.41 Å². The first-order valence-corrected chi connectivity index (χ1v) is 8.69. The van der Waals surface area contributed by atoms with Gasteiger partial charge in [0.15, 0.2) is 0 Å². The molecule has 124 valence electrons. The summed E-state index contributed by atoms with van der Waals surface area (Å²) < 4.78 is 0. The van der Waals surface area contributed by atoms with Gasteiger partial charge in [0, 0.05) is 24.1 Å². The molecule has 1 N–H and O–H groups in total. The maximum Gasteiger partial charge on any atom is 0.142 e. The summed E-state index contributed by atoms with van der Waals surface area (Å²) in [6.45, 7) is 7.01. The Hall–Kier alpha value is -2.13. The van der Waals surface area contributed by atoms with Gasteiger partial charge in [0.2, 0.25) is 0 Å². The molecule has 0 radical (unpaired) electrons. The number of oxime groups is 1. The van der Waals surface area contributed by atoms with E-state index in [0.717, 1.165) is 18.7 Å². The van der Waals surface area contributed by atoms with Crippen LogP contribution in [0.3, 0.4) is 0 Å². The second kappa shape index (κ2) is 6.06. The van der Waals surface area contributed by atoms with Gasteiger partial charge in [-0.2, -0.15) is 0 Å². The topological polar surface area (TPSA) is 33.6 Å². The first-order valence-electron chi connectivity index (χ1n) is 8.69. The minimum atomic E-state index is 0.220. The fourth-order valence-corrected chi connectivity index (χ4v) is 4.11. The van der Waals surface area contributed by atoms with Crippen LogP contribution in [0.5, 0.6) is 0 Å². The molecule has 2 aromatic rings. The monoisotopic (exact) mass is 320 g/mol. The molecule has 0 spiro atoms. The molecule has 2 fully saturated rings. The van der Waals surface area contributed by atoms with Crippen molar-refractivity contribution in [3.8, 4) is 0 Å². The SMILES string of the molecule is Cc1ccc(C23CNCC2C3/C=N\OCc2ccccc2)cc1C. The van der Waals surface area contributed by atoms with Crippen LogP contribution in [0, 0.1) is 25.7 Å². The van der Waals surface area contributed by atoms with E-state index >= 15 is 0 Å². The van der Waals surface area contributed by atoms with E-state index in [0.29, 0.717) is 18.4 Å². The number of fused-ring (bicyclic) bond motifs is 1. The van der Waals surface area contributed by atoms with Gasteiger partial charge in [-0.1, -0.05) is 53.7 Å². The van der Waals surface area contributed by atoms with Gasteiger partial charge < -0.3 is 10.2 Å². The van der Waals surface area contributed by atoms with E-state index in [1.807, 2.05) is 24.4 Å². The van der Waals surface area contributed by atoms with Gasteiger partial charge >= 0.3 is 0 Å². The Morgan fingerprint density at radius 3 is 2.79 bits per heavy atom. The molecule has 3 atom stereocenters. The van der Waals surface area contributed by atoms with E-state index in [1.165, 1.54) is 16.7 Å². The molecule has 3 unspecified atom stereocenters. The van der Waals surface area contributed by atoms with E-state index < -0.39 is 0 Å². The number of hydrogen-bond acceptors (Lipinski definition) is 3. The molecule has 3 heteroatoms. The van der Waals surface area contributed by atoms with Crippen molar-refractivity contribution in [1.82, 2.24) is 5.32 Å². The number of piperidine rings is 1. The zero-order valence-corrected chi connectivity index (χ0v) is 14.3. The normalized spacial score (nSPS) is 28.1. The van der Waals surface area contributed by atoms with E-state index in [4.69, 9.17) is 4.84 Å². The minimum Gasteiger partial charge on any atom is -0.391 e. The van der Waals surface area contributed by atoms with Crippen LogP contribution in [0.4, 0.5) is 0 Å². The molecular weight excluding hydrogens is 296 g/mol. The molecule has 2 aliphatic rings. The lowest BCUT2D eigenvalue weighted by molar-refractivity contribution is 0.131. The van der Waals surface area contributed by atoms with E-state index in [1.54, 1.807) is 0 Å². The van der Waals surface area contributed by atoms with Crippen LogP contribution in [0.15, 0.2) is 53.7 Å². The Kier molecular flexibility index (Phi) is 3.89. The van der Waals surface area contributed by atoms with Crippen LogP contribution in [0.2, 0.25) is 0 Å². The smallest absolute Gasteiger partial charge is 0.142 e. The number of nitrogens with zero attached hydrogens (tertiary/aromatic N) is 1. The van der Waals surface area contributed by atoms with Crippen molar-refractivity contribution < 1.29 is 4.84 Å². The standard InChI is InChI=1S/C21H24N2O/c1-15-8-9-18(10-16(15)2)21-14-22-11-19(21)20(21)12-23-24-13-17-6-4-3-5-7-17/h3-10,12,19-20,22H,11,13-14H2,1-2H3/b23-12-. The zero-order chi connectivity index (χ0) is 16.6. The summed E-state index contributed by atoms with van der Waals surface area (Å²) in [6, 6.07) is 17.1. The van der Waals surface area contributed by atoms with Crippen LogP contribution >= 0.6 is 0 Å². The molecule has 0 bridgehead atoms. The number of aryl methyl sites for hydroxylation is 2. The van der Waals surface area contributed by atoms with E-state index in [2.05, 4.69) is 54.7 Å². The van der Waals surface area contributed by atoms with Crippen LogP contribution in [-0.4, -0.2) is 19.3 Å². The summed E-state index contributed by atoms with van der Waals surface area (Å²) in [4.78, 5) is 5.51. The molecule has 1 saturated carbocycles. The predicted molar refractivity (Wildman–Crippen MR) is 97.2 cm³/mol. The minimum absolute atomic E-state index is 0.220. The second-order valence-electron chi connectivity index (χ2n) is 7.12. The average molecular weight is 320 g/mol. The van der Waals surface area contributed by atoms with Crippen LogP contribution < -0.4 is 5.32 Å². The molecule has 4 rings (SSSR count). The summed E-state index contributed by atoms with van der Waals surface area (Å²) in [5, 5.41) is 7.81. The van der Waals surface area contributed by atoms with Crippen molar-refractivity contribution in [2.75, 3.05) is 13.1 Å². The summed E-state index contributed by atoms with van der Waals surface area (Å²) in [6.07, 6.45) is 2.03. The lowest BCUT2D eigenvalue weighted by atomic mass is 9.90. The Labute approximate surface area is 143 Å². The Balaban J connectivity index is 1.45. The summed E-state index contributed by atoms with van der Waals surface area (Å²) in [5.41, 5.74) is 5.54. The van der Waals surface area contributed by atoms with Gasteiger partial charge in [0.25, 0.3) is 0 Å². The molecule has 1 heterocycles. The van der Waals surface area contributed by atoms with Crippen LogP contribution in [-0.2, 0) is 16.9 Å². The Morgan fingerprint density at radius 2 is 2.00 bits per heavy atom. The molecule has 24 heavy (non-hydrogen) atoms. The third-order valence-corrected chi connectivity index (χ3v) is 5.78. The Morgan fingerprint density at radius 1 is 1.17 bits per heavy atom. The molecule has 0 amide bonds. The lowest BCUT2D eigenvalue weighted by Crippen LogP contribution is -2.24. The molecule has 0 aromatic heterocycles. The maximum absolute atomic E-state index is 5.51. The number of nitrogens with one attached hydrogen (secondary N) is 1. The van der Waals surface area contributed by atoms with Gasteiger partial charge in [-0.15, -0.1) is 0 Å². The fraction of sp³-hybridized carbons (Fsp3) is 0.381. The zero-order valence-electron chi connectivity index (χ0n) is 14.3. The van der Waals surface area contributed by atoms with Crippen molar-refractivity contribution in [1.29, 1.82) is 0 Å². The van der Waals surface area contributed by atoms with Gasteiger partial charge in [0.05, 0.1) is 0 Å². The van der Waals surface area contributed by atoms with Crippen LogP contribution in [0.25, 0.3) is 0 Å². The number of benzene rings is 2. The summed E-state index contributed by atoms with van der Waals surface area (Å²) in [5.74, 6) is 1.13.